The summed E-state index contributed by atoms with van der Waals surface area (Å²) in [7, 11) is 0. The van der Waals surface area contributed by atoms with E-state index in [4.69, 9.17) is 9.47 Å². The molecule has 0 aromatic heterocycles. The van der Waals surface area contributed by atoms with Gasteiger partial charge < -0.3 is 19.7 Å². The summed E-state index contributed by atoms with van der Waals surface area (Å²) in [6.07, 6.45) is 0. The normalized spacial score (nSPS) is 14.7. The van der Waals surface area contributed by atoms with Crippen LogP contribution in [-0.4, -0.2) is 49.8 Å². The average Bonchev–Trinajstić information content (AvgIpc) is 2.50. The van der Waals surface area contributed by atoms with Gasteiger partial charge in [-0.1, -0.05) is 0 Å². The van der Waals surface area contributed by atoms with Crippen LogP contribution in [0.3, 0.4) is 0 Å². The molecule has 1 aromatic carbocycles. The van der Waals surface area contributed by atoms with Gasteiger partial charge in [-0.05, 0) is 41.1 Å². The quantitative estimate of drug-likeness (QED) is 0.844. The van der Waals surface area contributed by atoms with E-state index in [1.807, 2.05) is 0 Å². The van der Waals surface area contributed by atoms with E-state index < -0.39 is 0 Å². The third kappa shape index (κ3) is 4.18. The molecule has 7 heteroatoms. The summed E-state index contributed by atoms with van der Waals surface area (Å²) in [4.78, 5) is 25.4. The van der Waals surface area contributed by atoms with Gasteiger partial charge in [-0.25, -0.2) is 9.59 Å². The van der Waals surface area contributed by atoms with Crippen LogP contribution in [0.4, 0.5) is 10.5 Å². The smallest absolute Gasteiger partial charge is 0.338 e. The number of nitrogens with zero attached hydrogens (tertiary/aromatic N) is 1. The summed E-state index contributed by atoms with van der Waals surface area (Å²) in [5.41, 5.74) is 1.05. The number of anilines is 1. The maximum Gasteiger partial charge on any atom is 0.338 e. The Balaban J connectivity index is 2.03. The van der Waals surface area contributed by atoms with Crippen molar-refractivity contribution < 1.29 is 19.1 Å². The lowest BCUT2D eigenvalue weighted by Crippen LogP contribution is -2.43. The van der Waals surface area contributed by atoms with Gasteiger partial charge in [-0.2, -0.15) is 0 Å². The molecular weight excluding hydrogens is 340 g/mol. The van der Waals surface area contributed by atoms with E-state index in [0.29, 0.717) is 48.6 Å². The zero-order chi connectivity index (χ0) is 15.2. The standard InChI is InChI=1S/C14H17BrN2O4/c1-2-21-13(18)10-3-4-12(11(15)9-10)16-14(19)17-5-7-20-8-6-17/h3-4,9H,2,5-8H2,1H3,(H,16,19). The molecule has 0 atom stereocenters. The number of halogens is 1. The van der Waals surface area contributed by atoms with Crippen molar-refractivity contribution in [2.75, 3.05) is 38.2 Å². The molecule has 21 heavy (non-hydrogen) atoms. The molecule has 1 aromatic rings. The van der Waals surface area contributed by atoms with Gasteiger partial charge in [0, 0.05) is 17.6 Å². The first-order valence-electron chi connectivity index (χ1n) is 6.72. The van der Waals surface area contributed by atoms with Gasteiger partial charge in [0.1, 0.15) is 0 Å². The molecule has 2 amide bonds. The minimum Gasteiger partial charge on any atom is -0.462 e. The van der Waals surface area contributed by atoms with Crippen LogP contribution >= 0.6 is 15.9 Å². The zero-order valence-electron chi connectivity index (χ0n) is 11.7. The Labute approximate surface area is 131 Å². The molecule has 0 bridgehead atoms. The van der Waals surface area contributed by atoms with Gasteiger partial charge in [0.05, 0.1) is 31.1 Å². The van der Waals surface area contributed by atoms with E-state index in [1.54, 1.807) is 30.0 Å². The largest absolute Gasteiger partial charge is 0.462 e. The number of ether oxygens (including phenoxy) is 2. The molecular formula is C14H17BrN2O4. The Morgan fingerprint density at radius 1 is 1.38 bits per heavy atom. The zero-order valence-corrected chi connectivity index (χ0v) is 13.3. The van der Waals surface area contributed by atoms with Gasteiger partial charge in [-0.3, -0.25) is 0 Å². The van der Waals surface area contributed by atoms with E-state index in [-0.39, 0.29) is 12.0 Å². The number of esters is 1. The Kier molecular flexibility index (Phi) is 5.58. The molecule has 1 fully saturated rings. The molecule has 114 valence electrons. The van der Waals surface area contributed by atoms with Crippen molar-refractivity contribution >= 4 is 33.6 Å². The highest BCUT2D eigenvalue weighted by molar-refractivity contribution is 9.10. The number of benzene rings is 1. The Morgan fingerprint density at radius 2 is 2.10 bits per heavy atom. The number of carbonyl (C=O) groups is 2. The van der Waals surface area contributed by atoms with Crippen LogP contribution in [0.5, 0.6) is 0 Å². The predicted molar refractivity (Wildman–Crippen MR) is 81.5 cm³/mol. The molecule has 0 radical (unpaired) electrons. The lowest BCUT2D eigenvalue weighted by atomic mass is 10.2. The summed E-state index contributed by atoms with van der Waals surface area (Å²) in [6.45, 7) is 4.33. The van der Waals surface area contributed by atoms with E-state index in [1.165, 1.54) is 0 Å². The number of urea groups is 1. The fourth-order valence-electron chi connectivity index (χ4n) is 1.92. The monoisotopic (exact) mass is 356 g/mol. The minimum absolute atomic E-state index is 0.178. The second kappa shape index (κ2) is 7.42. The number of rotatable bonds is 3. The number of nitrogens with one attached hydrogen (secondary N) is 1. The van der Waals surface area contributed by atoms with E-state index in [9.17, 15) is 9.59 Å². The highest BCUT2D eigenvalue weighted by atomic mass is 79.9. The highest BCUT2D eigenvalue weighted by Gasteiger charge is 2.18. The summed E-state index contributed by atoms with van der Waals surface area (Å²) in [5.74, 6) is -0.385. The van der Waals surface area contributed by atoms with Crippen molar-refractivity contribution in [1.29, 1.82) is 0 Å². The number of hydrogen-bond donors (Lipinski definition) is 1. The van der Waals surface area contributed by atoms with Crippen LogP contribution in [0.2, 0.25) is 0 Å². The second-order valence-corrected chi connectivity index (χ2v) is 5.30. The molecule has 1 heterocycles. The van der Waals surface area contributed by atoms with Crippen molar-refractivity contribution in [3.05, 3.63) is 28.2 Å². The maximum atomic E-state index is 12.1. The minimum atomic E-state index is -0.385. The molecule has 6 nitrogen and oxygen atoms in total. The van der Waals surface area contributed by atoms with Crippen molar-refractivity contribution in [2.24, 2.45) is 0 Å². The lowest BCUT2D eigenvalue weighted by molar-refractivity contribution is 0.0526. The molecule has 1 aliphatic heterocycles. The summed E-state index contributed by atoms with van der Waals surface area (Å²) in [6, 6.07) is 4.75. The third-order valence-corrected chi connectivity index (χ3v) is 3.68. The molecule has 0 spiro atoms. The van der Waals surface area contributed by atoms with Gasteiger partial charge in [0.15, 0.2) is 0 Å². The van der Waals surface area contributed by atoms with Crippen LogP contribution < -0.4 is 5.32 Å². The fraction of sp³-hybridized carbons (Fsp3) is 0.429. The van der Waals surface area contributed by atoms with Crippen molar-refractivity contribution in [3.8, 4) is 0 Å². The summed E-state index contributed by atoms with van der Waals surface area (Å²) in [5, 5.41) is 2.81. The van der Waals surface area contributed by atoms with Gasteiger partial charge >= 0.3 is 12.0 Å². The van der Waals surface area contributed by atoms with Crippen molar-refractivity contribution in [3.63, 3.8) is 0 Å². The predicted octanol–water partition coefficient (Wildman–Crippen LogP) is 2.49. The lowest BCUT2D eigenvalue weighted by Gasteiger charge is -2.27. The van der Waals surface area contributed by atoms with Gasteiger partial charge in [-0.15, -0.1) is 0 Å². The number of hydrogen-bond acceptors (Lipinski definition) is 4. The number of carbonyl (C=O) groups excluding carboxylic acids is 2. The molecule has 0 saturated carbocycles. The van der Waals surface area contributed by atoms with E-state index in [0.717, 1.165) is 0 Å². The third-order valence-electron chi connectivity index (χ3n) is 3.02. The Hall–Kier alpha value is -1.60. The first-order chi connectivity index (χ1) is 10.1. The van der Waals surface area contributed by atoms with Crippen LogP contribution in [-0.2, 0) is 9.47 Å². The second-order valence-electron chi connectivity index (χ2n) is 4.44. The molecule has 1 N–H and O–H groups in total. The van der Waals surface area contributed by atoms with Crippen LogP contribution in [0, 0.1) is 0 Å². The van der Waals surface area contributed by atoms with Crippen molar-refractivity contribution in [1.82, 2.24) is 4.90 Å². The summed E-state index contributed by atoms with van der Waals surface area (Å²) >= 11 is 3.35. The Bertz CT molecular complexity index is 530. The SMILES string of the molecule is CCOC(=O)c1ccc(NC(=O)N2CCOCC2)c(Br)c1. The number of amides is 2. The fourth-order valence-corrected chi connectivity index (χ4v) is 2.40. The van der Waals surface area contributed by atoms with E-state index in [2.05, 4.69) is 21.2 Å². The molecule has 1 aliphatic rings. The van der Waals surface area contributed by atoms with Crippen LogP contribution in [0.1, 0.15) is 17.3 Å². The maximum absolute atomic E-state index is 12.1. The topological polar surface area (TPSA) is 67.9 Å². The molecule has 0 aliphatic carbocycles. The van der Waals surface area contributed by atoms with Gasteiger partial charge in [0.25, 0.3) is 0 Å². The first kappa shape index (κ1) is 15.8. The van der Waals surface area contributed by atoms with Crippen molar-refractivity contribution in [2.45, 2.75) is 6.92 Å². The van der Waals surface area contributed by atoms with Crippen LogP contribution in [0.25, 0.3) is 0 Å². The average molecular weight is 357 g/mol. The van der Waals surface area contributed by atoms with Crippen LogP contribution in [0.15, 0.2) is 22.7 Å². The van der Waals surface area contributed by atoms with E-state index >= 15 is 0 Å². The molecule has 0 unspecified atom stereocenters. The Morgan fingerprint density at radius 3 is 2.71 bits per heavy atom. The number of morpholine rings is 1. The summed E-state index contributed by atoms with van der Waals surface area (Å²) < 4.78 is 10.8. The molecule has 2 rings (SSSR count). The molecule has 1 saturated heterocycles. The first-order valence-corrected chi connectivity index (χ1v) is 7.51. The van der Waals surface area contributed by atoms with Gasteiger partial charge in [0.2, 0.25) is 0 Å². The highest BCUT2D eigenvalue weighted by Crippen LogP contribution is 2.24.